The van der Waals surface area contributed by atoms with Gasteiger partial charge >= 0.3 is 0 Å². The molecule has 0 aromatic heterocycles. The Hall–Kier alpha value is -0.850. The molecule has 0 radical (unpaired) electrons. The zero-order valence-corrected chi connectivity index (χ0v) is 6.26. The second kappa shape index (κ2) is 2.82. The molecule has 1 heteroatoms. The Morgan fingerprint density at radius 1 is 1.80 bits per heavy atom. The van der Waals surface area contributed by atoms with Gasteiger partial charge in [0.25, 0.3) is 0 Å². The molecule has 0 saturated heterocycles. The number of hydrogen-bond donors (Lipinski definition) is 0. The molecule has 1 nitrogen and oxygen atoms in total. The Labute approximate surface area is 61.4 Å². The Morgan fingerprint density at radius 2 is 2.50 bits per heavy atom. The van der Waals surface area contributed by atoms with Crippen molar-refractivity contribution in [2.75, 3.05) is 0 Å². The van der Waals surface area contributed by atoms with Gasteiger partial charge in [0, 0.05) is 6.42 Å². The van der Waals surface area contributed by atoms with E-state index in [-0.39, 0.29) is 5.78 Å². The van der Waals surface area contributed by atoms with Crippen molar-refractivity contribution < 1.29 is 4.79 Å². The minimum Gasteiger partial charge on any atom is -0.295 e. The first-order chi connectivity index (χ1) is 4.70. The van der Waals surface area contributed by atoms with E-state index in [2.05, 4.69) is 6.58 Å². The summed E-state index contributed by atoms with van der Waals surface area (Å²) in [4.78, 5) is 10.8. The first-order valence-corrected chi connectivity index (χ1v) is 3.55. The van der Waals surface area contributed by atoms with E-state index >= 15 is 0 Å². The average Bonchev–Trinajstić information content (AvgIpc) is 1.88. The molecule has 0 spiro atoms. The van der Waals surface area contributed by atoms with Crippen molar-refractivity contribution in [3.63, 3.8) is 0 Å². The molecule has 1 aliphatic carbocycles. The average molecular weight is 136 g/mol. The monoisotopic (exact) mass is 136 g/mol. The smallest absolute Gasteiger partial charge is 0.155 e. The summed E-state index contributed by atoms with van der Waals surface area (Å²) >= 11 is 0. The lowest BCUT2D eigenvalue weighted by atomic mass is 9.89. The summed E-state index contributed by atoms with van der Waals surface area (Å²) in [6.45, 7) is 5.81. The Kier molecular flexibility index (Phi) is 2.05. The maximum atomic E-state index is 10.8. The Morgan fingerprint density at radius 3 is 2.90 bits per heavy atom. The van der Waals surface area contributed by atoms with Crippen molar-refractivity contribution in [2.45, 2.75) is 19.8 Å². The normalized spacial score (nSPS) is 24.9. The standard InChI is InChI=1S/C9H12O/c1-7(2)8-4-3-5-9(10)6-8/h3,5,8H,1,4,6H2,2H3/t8-/m1/s1. The fraction of sp³-hybridized carbons (Fsp3) is 0.444. The van der Waals surface area contributed by atoms with Crippen LogP contribution in [0.15, 0.2) is 24.3 Å². The number of allylic oxidation sites excluding steroid dienone is 3. The highest BCUT2D eigenvalue weighted by Gasteiger charge is 2.14. The van der Waals surface area contributed by atoms with Gasteiger partial charge in [0.2, 0.25) is 0 Å². The molecule has 0 amide bonds. The van der Waals surface area contributed by atoms with Gasteiger partial charge in [0.1, 0.15) is 0 Å². The van der Waals surface area contributed by atoms with Crippen LogP contribution in [0.3, 0.4) is 0 Å². The van der Waals surface area contributed by atoms with Crippen LogP contribution >= 0.6 is 0 Å². The summed E-state index contributed by atoms with van der Waals surface area (Å²) in [7, 11) is 0. The third kappa shape index (κ3) is 1.56. The van der Waals surface area contributed by atoms with Gasteiger partial charge in [-0.25, -0.2) is 0 Å². The van der Waals surface area contributed by atoms with E-state index in [0.29, 0.717) is 12.3 Å². The number of carbonyl (C=O) groups excluding carboxylic acids is 1. The lowest BCUT2D eigenvalue weighted by molar-refractivity contribution is -0.115. The lowest BCUT2D eigenvalue weighted by Gasteiger charge is -2.15. The molecule has 10 heavy (non-hydrogen) atoms. The third-order valence-corrected chi connectivity index (χ3v) is 1.87. The van der Waals surface area contributed by atoms with Crippen LogP contribution in [0.4, 0.5) is 0 Å². The first-order valence-electron chi connectivity index (χ1n) is 3.55. The Bertz CT molecular complexity index is 189. The summed E-state index contributed by atoms with van der Waals surface area (Å²) in [5, 5.41) is 0. The quantitative estimate of drug-likeness (QED) is 0.504. The van der Waals surface area contributed by atoms with Crippen molar-refractivity contribution in [2.24, 2.45) is 5.92 Å². The molecule has 54 valence electrons. The number of carbonyl (C=O) groups is 1. The van der Waals surface area contributed by atoms with E-state index in [0.717, 1.165) is 12.0 Å². The predicted molar refractivity (Wildman–Crippen MR) is 41.7 cm³/mol. The number of rotatable bonds is 1. The molecule has 0 saturated carbocycles. The summed E-state index contributed by atoms with van der Waals surface area (Å²) in [5.41, 5.74) is 1.12. The molecule has 1 atom stereocenters. The fourth-order valence-electron chi connectivity index (χ4n) is 1.13. The molecule has 1 aliphatic rings. The Balaban J connectivity index is 2.60. The molecule has 0 aromatic rings. The zero-order valence-electron chi connectivity index (χ0n) is 6.26. The molecule has 0 aliphatic heterocycles. The van der Waals surface area contributed by atoms with Crippen LogP contribution in [0.5, 0.6) is 0 Å². The second-order valence-corrected chi connectivity index (χ2v) is 2.85. The largest absolute Gasteiger partial charge is 0.295 e. The van der Waals surface area contributed by atoms with E-state index in [1.54, 1.807) is 6.08 Å². The lowest BCUT2D eigenvalue weighted by Crippen LogP contribution is -2.10. The minimum atomic E-state index is 0.235. The van der Waals surface area contributed by atoms with Gasteiger partial charge in [-0.3, -0.25) is 4.79 Å². The number of ketones is 1. The minimum absolute atomic E-state index is 0.235. The molecular weight excluding hydrogens is 124 g/mol. The molecule has 0 N–H and O–H groups in total. The van der Waals surface area contributed by atoms with E-state index < -0.39 is 0 Å². The summed E-state index contributed by atoms with van der Waals surface area (Å²) in [6.07, 6.45) is 5.25. The molecule has 0 aromatic carbocycles. The van der Waals surface area contributed by atoms with Gasteiger partial charge in [-0.1, -0.05) is 18.2 Å². The molecule has 0 heterocycles. The highest BCUT2D eigenvalue weighted by atomic mass is 16.1. The first kappa shape index (κ1) is 7.26. The molecule has 1 rings (SSSR count). The second-order valence-electron chi connectivity index (χ2n) is 2.85. The van der Waals surface area contributed by atoms with Gasteiger partial charge in [0.15, 0.2) is 5.78 Å². The van der Waals surface area contributed by atoms with Crippen LogP contribution in [0, 0.1) is 5.92 Å². The maximum absolute atomic E-state index is 10.8. The van der Waals surface area contributed by atoms with Crippen molar-refractivity contribution in [1.29, 1.82) is 0 Å². The van der Waals surface area contributed by atoms with Crippen LogP contribution in [0.1, 0.15) is 19.8 Å². The van der Waals surface area contributed by atoms with E-state index in [1.165, 1.54) is 0 Å². The topological polar surface area (TPSA) is 17.1 Å². The fourth-order valence-corrected chi connectivity index (χ4v) is 1.13. The summed E-state index contributed by atoms with van der Waals surface area (Å²) < 4.78 is 0. The highest BCUT2D eigenvalue weighted by Crippen LogP contribution is 2.21. The van der Waals surface area contributed by atoms with Crippen LogP contribution in [-0.4, -0.2) is 5.78 Å². The van der Waals surface area contributed by atoms with Crippen LogP contribution in [0.25, 0.3) is 0 Å². The zero-order chi connectivity index (χ0) is 7.56. The van der Waals surface area contributed by atoms with Gasteiger partial charge in [-0.05, 0) is 25.3 Å². The van der Waals surface area contributed by atoms with E-state index in [1.807, 2.05) is 13.0 Å². The van der Waals surface area contributed by atoms with Crippen molar-refractivity contribution in [3.8, 4) is 0 Å². The molecule has 0 fully saturated rings. The van der Waals surface area contributed by atoms with Gasteiger partial charge in [0.05, 0.1) is 0 Å². The van der Waals surface area contributed by atoms with E-state index in [4.69, 9.17) is 0 Å². The highest BCUT2D eigenvalue weighted by molar-refractivity contribution is 5.90. The summed E-state index contributed by atoms with van der Waals surface area (Å²) in [5.74, 6) is 0.636. The van der Waals surface area contributed by atoms with Crippen LogP contribution in [-0.2, 0) is 4.79 Å². The van der Waals surface area contributed by atoms with Crippen LogP contribution in [0.2, 0.25) is 0 Å². The number of hydrogen-bond acceptors (Lipinski definition) is 1. The molecular formula is C9H12O. The SMILES string of the molecule is C=C(C)[C@@H]1CC=CC(=O)C1. The van der Waals surface area contributed by atoms with Gasteiger partial charge in [-0.15, -0.1) is 0 Å². The van der Waals surface area contributed by atoms with E-state index in [9.17, 15) is 4.79 Å². The van der Waals surface area contributed by atoms with Crippen molar-refractivity contribution in [3.05, 3.63) is 24.3 Å². The van der Waals surface area contributed by atoms with Crippen molar-refractivity contribution >= 4 is 5.78 Å². The van der Waals surface area contributed by atoms with Gasteiger partial charge in [-0.2, -0.15) is 0 Å². The third-order valence-electron chi connectivity index (χ3n) is 1.87. The molecule has 0 unspecified atom stereocenters. The van der Waals surface area contributed by atoms with Crippen LogP contribution < -0.4 is 0 Å². The maximum Gasteiger partial charge on any atom is 0.155 e. The van der Waals surface area contributed by atoms with Gasteiger partial charge < -0.3 is 0 Å². The summed E-state index contributed by atoms with van der Waals surface area (Å²) in [6, 6.07) is 0. The predicted octanol–water partition coefficient (Wildman–Crippen LogP) is 2.10. The van der Waals surface area contributed by atoms with Crippen molar-refractivity contribution in [1.82, 2.24) is 0 Å². The molecule has 0 bridgehead atoms.